The van der Waals surface area contributed by atoms with Crippen LogP contribution in [0.1, 0.15) is 48.5 Å². The zero-order chi connectivity index (χ0) is 30.5. The van der Waals surface area contributed by atoms with Gasteiger partial charge in [-0.15, -0.1) is 0 Å². The molecule has 3 rings (SSSR count). The number of carbonyl (C=O) groups excluding carboxylic acids is 3. The molecule has 0 unspecified atom stereocenters. The number of esters is 1. The molecule has 226 valence electrons. The fourth-order valence-corrected chi connectivity index (χ4v) is 4.24. The monoisotopic (exact) mass is 577 g/mol. The van der Waals surface area contributed by atoms with E-state index in [1.165, 1.54) is 25.3 Å². The van der Waals surface area contributed by atoms with Crippen LogP contribution in [-0.2, 0) is 33.2 Å². The number of nitrogens with one attached hydrogen (secondary N) is 1. The first-order valence-electron chi connectivity index (χ1n) is 13.1. The van der Waals surface area contributed by atoms with Crippen LogP contribution in [0.2, 0.25) is 0 Å². The number of hydrogen-bond donors (Lipinski definition) is 2. The molecule has 3 N–H and O–H groups in total. The number of nitrogens with two attached hydrogens (primary N) is 1. The second-order valence-electron chi connectivity index (χ2n) is 11.2. The van der Waals surface area contributed by atoms with Gasteiger partial charge in [0, 0.05) is 11.6 Å². The molecule has 1 aromatic carbocycles. The summed E-state index contributed by atoms with van der Waals surface area (Å²) in [5.74, 6) is -1.91. The third-order valence-corrected chi connectivity index (χ3v) is 6.09. The number of nitrogens with zero attached hydrogens (tertiary/aromatic N) is 1. The Morgan fingerprint density at radius 3 is 2.39 bits per heavy atom. The zero-order valence-electron chi connectivity index (χ0n) is 24.6. The number of anilines is 1. The lowest BCUT2D eigenvalue weighted by Gasteiger charge is -2.38. The van der Waals surface area contributed by atoms with E-state index in [9.17, 15) is 14.4 Å². The van der Waals surface area contributed by atoms with Gasteiger partial charge in [-0.25, -0.2) is 14.4 Å². The molecular formula is C28H39N3O10. The molecule has 0 spiro atoms. The van der Waals surface area contributed by atoms with Gasteiger partial charge in [-0.2, -0.15) is 0 Å². The molecule has 13 heteroatoms. The van der Waals surface area contributed by atoms with Crippen LogP contribution in [0.5, 0.6) is 5.75 Å². The normalized spacial score (nSPS) is 24.8. The van der Waals surface area contributed by atoms with Gasteiger partial charge in [-0.05, 0) is 71.9 Å². The zero-order valence-corrected chi connectivity index (χ0v) is 24.6. The molecular weight excluding hydrogens is 538 g/mol. The molecule has 41 heavy (non-hydrogen) atoms. The highest BCUT2D eigenvalue weighted by atomic mass is 16.8. The summed E-state index contributed by atoms with van der Waals surface area (Å²) in [5, 5.41) is 2.58. The van der Waals surface area contributed by atoms with Gasteiger partial charge < -0.3 is 38.9 Å². The van der Waals surface area contributed by atoms with Gasteiger partial charge in [-0.3, -0.25) is 10.3 Å². The molecule has 1 amide bonds. The number of rotatable bonds is 6. The molecule has 13 nitrogen and oxygen atoms in total. The van der Waals surface area contributed by atoms with Gasteiger partial charge in [-0.1, -0.05) is 6.92 Å². The summed E-state index contributed by atoms with van der Waals surface area (Å²) >= 11 is 0. The Labute approximate surface area is 239 Å². The van der Waals surface area contributed by atoms with Crippen molar-refractivity contribution in [2.24, 2.45) is 10.9 Å². The molecule has 2 aliphatic rings. The van der Waals surface area contributed by atoms with Gasteiger partial charge in [0.2, 0.25) is 5.76 Å². The Hall–Kier alpha value is -3.84. The molecule has 0 aliphatic carbocycles. The van der Waals surface area contributed by atoms with E-state index in [2.05, 4.69) is 10.3 Å². The highest BCUT2D eigenvalue weighted by Gasteiger charge is 2.49. The lowest BCUT2D eigenvalue weighted by atomic mass is 9.87. The summed E-state index contributed by atoms with van der Waals surface area (Å²) in [6.45, 7) is 12.1. The predicted molar refractivity (Wildman–Crippen MR) is 147 cm³/mol. The van der Waals surface area contributed by atoms with E-state index >= 15 is 0 Å². The standard InChI is InChI=1S/C28H39N3O10/c1-15-19(30-16(2)31-25(33)41-27(3,4)5)13-20(24(32)35-8)38-22(15)23(21-14-36-28(6,7)40-21)39-26(34)37-18-11-9-17(29)10-12-18/h9-13,15,19,21-23H,14,29H2,1-8H3,(H,30,31,33)/t15-,19+,21-,22-,23-/m1/s1. The van der Waals surface area contributed by atoms with Crippen LogP contribution in [-0.4, -0.2) is 73.5 Å². The van der Waals surface area contributed by atoms with Crippen molar-refractivity contribution in [2.75, 3.05) is 19.5 Å². The molecule has 2 aliphatic heterocycles. The molecule has 0 bridgehead atoms. The lowest BCUT2D eigenvalue weighted by Crippen LogP contribution is -2.51. The van der Waals surface area contributed by atoms with Gasteiger partial charge in [0.25, 0.3) is 0 Å². The van der Waals surface area contributed by atoms with Crippen molar-refractivity contribution in [1.82, 2.24) is 5.32 Å². The third-order valence-electron chi connectivity index (χ3n) is 6.09. The maximum atomic E-state index is 12.9. The number of benzene rings is 1. The lowest BCUT2D eigenvalue weighted by molar-refractivity contribution is -0.173. The average molecular weight is 578 g/mol. The molecule has 0 aromatic heterocycles. The minimum atomic E-state index is -1.10. The van der Waals surface area contributed by atoms with Gasteiger partial charge in [0.15, 0.2) is 11.9 Å². The molecule has 0 radical (unpaired) electrons. The molecule has 0 saturated carbocycles. The van der Waals surface area contributed by atoms with Crippen molar-refractivity contribution in [3.05, 3.63) is 36.1 Å². The molecule has 1 fully saturated rings. The summed E-state index contributed by atoms with van der Waals surface area (Å²) in [4.78, 5) is 42.3. The number of nitrogen functional groups attached to an aromatic ring is 1. The largest absolute Gasteiger partial charge is 0.514 e. The van der Waals surface area contributed by atoms with Gasteiger partial charge >= 0.3 is 18.2 Å². The summed E-state index contributed by atoms with van der Waals surface area (Å²) < 4.78 is 39.1. The molecule has 1 aromatic rings. The van der Waals surface area contributed by atoms with E-state index in [1.807, 2.05) is 0 Å². The summed E-state index contributed by atoms with van der Waals surface area (Å²) in [7, 11) is 1.21. The maximum Gasteiger partial charge on any atom is 0.514 e. The number of aliphatic imine (C=N–C) groups is 1. The first kappa shape index (κ1) is 31.7. The third kappa shape index (κ3) is 9.08. The van der Waals surface area contributed by atoms with Crippen molar-refractivity contribution >= 4 is 29.7 Å². The Balaban J connectivity index is 1.90. The number of amides is 1. The van der Waals surface area contributed by atoms with E-state index in [0.717, 1.165) is 0 Å². The van der Waals surface area contributed by atoms with Crippen LogP contribution in [0, 0.1) is 5.92 Å². The minimum absolute atomic E-state index is 0.0732. The van der Waals surface area contributed by atoms with E-state index < -0.39 is 59.9 Å². The van der Waals surface area contributed by atoms with E-state index in [1.54, 1.807) is 60.6 Å². The second-order valence-corrected chi connectivity index (χ2v) is 11.2. The summed E-state index contributed by atoms with van der Waals surface area (Å²) in [6, 6.07) is 5.49. The number of alkyl carbamates (subject to hydrolysis) is 1. The SMILES string of the molecule is COC(=O)C1=C[C@H](N=C(C)NC(=O)OC(C)(C)C)[C@@H](C)[C@H]([C@H](OC(=O)Oc2ccc(N)cc2)[C@H]2COC(C)(C)O2)O1. The number of methoxy groups -OCH3 is 1. The number of carbonyl (C=O) groups is 3. The maximum absolute atomic E-state index is 12.9. The Kier molecular flexibility index (Phi) is 9.87. The number of amidine groups is 1. The Bertz CT molecular complexity index is 1170. The molecule has 5 atom stereocenters. The van der Waals surface area contributed by atoms with Crippen LogP contribution in [0.25, 0.3) is 0 Å². The average Bonchev–Trinajstić information content (AvgIpc) is 3.22. The van der Waals surface area contributed by atoms with Crippen molar-refractivity contribution in [2.45, 2.75) is 84.2 Å². The molecule has 2 heterocycles. The highest BCUT2D eigenvalue weighted by Crippen LogP contribution is 2.35. The quantitative estimate of drug-likeness (QED) is 0.126. The Morgan fingerprint density at radius 2 is 1.83 bits per heavy atom. The van der Waals surface area contributed by atoms with E-state index in [0.29, 0.717) is 5.69 Å². The van der Waals surface area contributed by atoms with Crippen molar-refractivity contribution in [3.8, 4) is 5.75 Å². The predicted octanol–water partition coefficient (Wildman–Crippen LogP) is 3.71. The van der Waals surface area contributed by atoms with Crippen LogP contribution in [0.4, 0.5) is 15.3 Å². The fourth-order valence-electron chi connectivity index (χ4n) is 4.24. The van der Waals surface area contributed by atoms with Gasteiger partial charge in [0.1, 0.15) is 29.4 Å². The van der Waals surface area contributed by atoms with Crippen LogP contribution < -0.4 is 15.8 Å². The second kappa shape index (κ2) is 12.8. The van der Waals surface area contributed by atoms with Crippen molar-refractivity contribution < 1.29 is 47.5 Å². The number of ether oxygens (including phenoxy) is 7. The van der Waals surface area contributed by atoms with Crippen LogP contribution >= 0.6 is 0 Å². The van der Waals surface area contributed by atoms with Crippen LogP contribution in [0.3, 0.4) is 0 Å². The summed E-state index contributed by atoms with van der Waals surface area (Å²) in [6.07, 6.45) is -3.07. The number of hydrogen-bond acceptors (Lipinski definition) is 12. The van der Waals surface area contributed by atoms with Crippen LogP contribution in [0.15, 0.2) is 41.1 Å². The fraction of sp³-hybridized carbons (Fsp3) is 0.571. The van der Waals surface area contributed by atoms with E-state index in [-0.39, 0.29) is 24.0 Å². The Morgan fingerprint density at radius 1 is 1.17 bits per heavy atom. The minimum Gasteiger partial charge on any atom is -0.479 e. The molecule has 1 saturated heterocycles. The topological polar surface area (TPSA) is 166 Å². The van der Waals surface area contributed by atoms with E-state index in [4.69, 9.17) is 38.9 Å². The van der Waals surface area contributed by atoms with Gasteiger partial charge in [0.05, 0.1) is 19.8 Å². The smallest absolute Gasteiger partial charge is 0.479 e. The first-order chi connectivity index (χ1) is 19.1. The van der Waals surface area contributed by atoms with Crippen molar-refractivity contribution in [1.29, 1.82) is 0 Å². The summed E-state index contributed by atoms with van der Waals surface area (Å²) in [5.41, 5.74) is 5.50. The van der Waals surface area contributed by atoms with Crippen molar-refractivity contribution in [3.63, 3.8) is 0 Å². The highest BCUT2D eigenvalue weighted by molar-refractivity contribution is 5.94. The first-order valence-corrected chi connectivity index (χ1v) is 13.1.